The van der Waals surface area contributed by atoms with Gasteiger partial charge in [0, 0.05) is 43.4 Å². The minimum atomic E-state index is -0.204. The summed E-state index contributed by atoms with van der Waals surface area (Å²) < 4.78 is 0. The second-order valence-electron chi connectivity index (χ2n) is 5.77. The molecule has 0 aliphatic carbocycles. The highest BCUT2D eigenvalue weighted by Crippen LogP contribution is 2.22. The van der Waals surface area contributed by atoms with Crippen LogP contribution in [-0.4, -0.2) is 24.1 Å². The molecule has 2 heterocycles. The number of carbonyl (C=O) groups is 1. The number of benzene rings is 1. The van der Waals surface area contributed by atoms with E-state index in [1.807, 2.05) is 30.3 Å². The zero-order valence-electron chi connectivity index (χ0n) is 13.2. The van der Waals surface area contributed by atoms with Gasteiger partial charge in [-0.3, -0.25) is 4.98 Å². The Morgan fingerprint density at radius 2 is 2.00 bits per heavy atom. The third-order valence-corrected chi connectivity index (χ3v) is 4.00. The first-order chi connectivity index (χ1) is 11.3. The number of piperidine rings is 1. The molecule has 1 aromatic heterocycles. The Balaban J connectivity index is 1.55. The van der Waals surface area contributed by atoms with E-state index in [1.165, 1.54) is 24.9 Å². The van der Waals surface area contributed by atoms with Gasteiger partial charge in [0.15, 0.2) is 0 Å². The van der Waals surface area contributed by atoms with E-state index in [-0.39, 0.29) is 6.03 Å². The quantitative estimate of drug-likeness (QED) is 0.910. The number of rotatable bonds is 4. The van der Waals surface area contributed by atoms with Gasteiger partial charge < -0.3 is 15.5 Å². The summed E-state index contributed by atoms with van der Waals surface area (Å²) >= 11 is 0. The van der Waals surface area contributed by atoms with Crippen molar-refractivity contribution < 1.29 is 4.79 Å². The van der Waals surface area contributed by atoms with E-state index in [2.05, 4.69) is 26.6 Å². The molecule has 5 nitrogen and oxygen atoms in total. The van der Waals surface area contributed by atoms with Crippen molar-refractivity contribution in [3.05, 3.63) is 54.4 Å². The van der Waals surface area contributed by atoms with Crippen LogP contribution in [0.25, 0.3) is 0 Å². The van der Waals surface area contributed by atoms with Gasteiger partial charge in [0.25, 0.3) is 0 Å². The van der Waals surface area contributed by atoms with E-state index >= 15 is 0 Å². The Hall–Kier alpha value is -2.56. The van der Waals surface area contributed by atoms with Crippen LogP contribution in [0.4, 0.5) is 16.2 Å². The van der Waals surface area contributed by atoms with Gasteiger partial charge in [-0.05, 0) is 49.1 Å². The lowest BCUT2D eigenvalue weighted by Crippen LogP contribution is -2.30. The predicted octanol–water partition coefficient (Wildman–Crippen LogP) is 3.39. The number of anilines is 2. The van der Waals surface area contributed by atoms with E-state index in [0.29, 0.717) is 6.54 Å². The van der Waals surface area contributed by atoms with Crippen molar-refractivity contribution in [2.45, 2.75) is 25.8 Å². The Kier molecular flexibility index (Phi) is 5.09. The van der Waals surface area contributed by atoms with Gasteiger partial charge in [-0.2, -0.15) is 0 Å². The second-order valence-corrected chi connectivity index (χ2v) is 5.77. The van der Waals surface area contributed by atoms with Gasteiger partial charge in [0.1, 0.15) is 0 Å². The summed E-state index contributed by atoms with van der Waals surface area (Å²) in [6, 6.07) is 11.6. The van der Waals surface area contributed by atoms with Crippen molar-refractivity contribution >= 4 is 17.4 Å². The number of hydrogen-bond donors (Lipinski definition) is 2. The molecule has 2 aromatic rings. The number of urea groups is 1. The number of nitrogens with one attached hydrogen (secondary N) is 2. The van der Waals surface area contributed by atoms with Crippen molar-refractivity contribution in [3.63, 3.8) is 0 Å². The first-order valence-corrected chi connectivity index (χ1v) is 8.10. The van der Waals surface area contributed by atoms with E-state index in [9.17, 15) is 4.79 Å². The van der Waals surface area contributed by atoms with Crippen LogP contribution in [0.3, 0.4) is 0 Å². The van der Waals surface area contributed by atoms with Crippen LogP contribution in [-0.2, 0) is 6.54 Å². The maximum absolute atomic E-state index is 12.0. The van der Waals surface area contributed by atoms with Crippen LogP contribution in [0, 0.1) is 0 Å². The largest absolute Gasteiger partial charge is 0.371 e. The summed E-state index contributed by atoms with van der Waals surface area (Å²) in [4.78, 5) is 18.4. The highest BCUT2D eigenvalue weighted by molar-refractivity contribution is 5.89. The molecule has 0 saturated carbocycles. The van der Waals surface area contributed by atoms with E-state index in [4.69, 9.17) is 0 Å². The van der Waals surface area contributed by atoms with Crippen LogP contribution in [0.1, 0.15) is 24.8 Å². The fourth-order valence-electron chi connectivity index (χ4n) is 2.79. The van der Waals surface area contributed by atoms with Crippen LogP contribution >= 0.6 is 0 Å². The lowest BCUT2D eigenvalue weighted by Gasteiger charge is -2.29. The van der Waals surface area contributed by atoms with E-state index in [0.717, 1.165) is 24.3 Å². The molecule has 2 N–H and O–H groups in total. The van der Waals surface area contributed by atoms with Gasteiger partial charge >= 0.3 is 6.03 Å². The van der Waals surface area contributed by atoms with Crippen LogP contribution in [0.2, 0.25) is 0 Å². The number of nitrogens with zero attached hydrogens (tertiary/aromatic N) is 2. The molecular weight excluding hydrogens is 288 g/mol. The summed E-state index contributed by atoms with van der Waals surface area (Å²) in [5, 5.41) is 5.74. The minimum Gasteiger partial charge on any atom is -0.371 e. The van der Waals surface area contributed by atoms with Crippen LogP contribution < -0.4 is 15.5 Å². The van der Waals surface area contributed by atoms with Crippen molar-refractivity contribution in [1.29, 1.82) is 0 Å². The third-order valence-electron chi connectivity index (χ3n) is 4.00. The minimum absolute atomic E-state index is 0.204. The highest BCUT2D eigenvalue weighted by Gasteiger charge is 2.11. The molecule has 0 atom stereocenters. The molecule has 1 aliphatic rings. The average Bonchev–Trinajstić information content (AvgIpc) is 2.62. The SMILES string of the molecule is O=C(NCc1cccnc1)Nc1cccc(N2CCCCC2)c1. The molecule has 23 heavy (non-hydrogen) atoms. The number of pyridine rings is 1. The van der Waals surface area contributed by atoms with Gasteiger partial charge in [-0.1, -0.05) is 12.1 Å². The summed E-state index contributed by atoms with van der Waals surface area (Å²) in [6.07, 6.45) is 7.25. The molecule has 2 amide bonds. The third kappa shape index (κ3) is 4.45. The molecule has 0 bridgehead atoms. The van der Waals surface area contributed by atoms with Crippen LogP contribution in [0.15, 0.2) is 48.8 Å². The molecule has 120 valence electrons. The molecule has 1 aliphatic heterocycles. The lowest BCUT2D eigenvalue weighted by molar-refractivity contribution is 0.251. The molecule has 0 unspecified atom stereocenters. The van der Waals surface area contributed by atoms with Crippen molar-refractivity contribution in [1.82, 2.24) is 10.3 Å². The fraction of sp³-hybridized carbons (Fsp3) is 0.333. The zero-order valence-corrected chi connectivity index (χ0v) is 13.2. The Bertz CT molecular complexity index is 638. The summed E-state index contributed by atoms with van der Waals surface area (Å²) in [5.41, 5.74) is 2.97. The summed E-state index contributed by atoms with van der Waals surface area (Å²) in [7, 11) is 0. The van der Waals surface area contributed by atoms with Crippen molar-refractivity contribution in [2.75, 3.05) is 23.3 Å². The number of carbonyl (C=O) groups excluding carboxylic acids is 1. The molecule has 3 rings (SSSR count). The van der Waals surface area contributed by atoms with Crippen molar-refractivity contribution in [3.8, 4) is 0 Å². The fourth-order valence-corrected chi connectivity index (χ4v) is 2.79. The first kappa shape index (κ1) is 15.3. The molecule has 1 saturated heterocycles. The van der Waals surface area contributed by atoms with Gasteiger partial charge in [0.05, 0.1) is 0 Å². The molecule has 1 fully saturated rings. The first-order valence-electron chi connectivity index (χ1n) is 8.10. The number of hydrogen-bond acceptors (Lipinski definition) is 3. The summed E-state index contributed by atoms with van der Waals surface area (Å²) in [5.74, 6) is 0. The molecule has 1 aromatic carbocycles. The van der Waals surface area contributed by atoms with Crippen LogP contribution in [0.5, 0.6) is 0 Å². The number of aromatic nitrogens is 1. The topological polar surface area (TPSA) is 57.3 Å². The van der Waals surface area contributed by atoms with Gasteiger partial charge in [0.2, 0.25) is 0 Å². The molecule has 5 heteroatoms. The van der Waals surface area contributed by atoms with Gasteiger partial charge in [-0.15, -0.1) is 0 Å². The molecular formula is C18H22N4O. The standard InChI is InChI=1S/C18H22N4O/c23-18(20-14-15-6-5-9-19-13-15)21-16-7-4-8-17(12-16)22-10-2-1-3-11-22/h4-9,12-13H,1-3,10-11,14H2,(H2,20,21,23). The lowest BCUT2D eigenvalue weighted by atomic mass is 10.1. The maximum atomic E-state index is 12.0. The molecule has 0 radical (unpaired) electrons. The van der Waals surface area contributed by atoms with Crippen molar-refractivity contribution in [2.24, 2.45) is 0 Å². The number of amides is 2. The Labute approximate surface area is 136 Å². The monoisotopic (exact) mass is 310 g/mol. The molecule has 0 spiro atoms. The van der Waals surface area contributed by atoms with E-state index < -0.39 is 0 Å². The van der Waals surface area contributed by atoms with Gasteiger partial charge in [-0.25, -0.2) is 4.79 Å². The Morgan fingerprint density at radius 1 is 1.13 bits per heavy atom. The average molecular weight is 310 g/mol. The maximum Gasteiger partial charge on any atom is 0.319 e. The highest BCUT2D eigenvalue weighted by atomic mass is 16.2. The predicted molar refractivity (Wildman–Crippen MR) is 92.6 cm³/mol. The second kappa shape index (κ2) is 7.63. The Morgan fingerprint density at radius 3 is 2.78 bits per heavy atom. The zero-order chi connectivity index (χ0) is 15.9. The normalized spacial score (nSPS) is 14.3. The van der Waals surface area contributed by atoms with E-state index in [1.54, 1.807) is 12.4 Å². The smallest absolute Gasteiger partial charge is 0.319 e. The summed E-state index contributed by atoms with van der Waals surface area (Å²) in [6.45, 7) is 2.65.